The Bertz CT molecular complexity index is 1300. The molecule has 2 heterocycles. The Kier molecular flexibility index (Phi) is 8.06. The van der Waals surface area contributed by atoms with Gasteiger partial charge in [0.15, 0.2) is 0 Å². The summed E-state index contributed by atoms with van der Waals surface area (Å²) in [5.41, 5.74) is 5.50. The molecule has 2 aromatic heterocycles. The summed E-state index contributed by atoms with van der Waals surface area (Å²) < 4.78 is 9.55. The summed E-state index contributed by atoms with van der Waals surface area (Å²) in [6.07, 6.45) is 6.58. The van der Waals surface area contributed by atoms with Crippen molar-refractivity contribution >= 4 is 34.0 Å². The summed E-state index contributed by atoms with van der Waals surface area (Å²) in [4.78, 5) is 22.2. The van der Waals surface area contributed by atoms with E-state index in [-0.39, 0.29) is 5.97 Å². The fraction of sp³-hybridized carbons (Fsp3) is 0.464. The molecule has 0 unspecified atom stereocenters. The van der Waals surface area contributed by atoms with E-state index >= 15 is 0 Å². The van der Waals surface area contributed by atoms with Crippen LogP contribution in [0.5, 0.6) is 0 Å². The Hall–Kier alpha value is -3.35. The van der Waals surface area contributed by atoms with E-state index in [9.17, 15) is 4.79 Å². The number of hydrogen-bond donors (Lipinski definition) is 1. The molecule has 0 radical (unpaired) electrons. The lowest BCUT2D eigenvalue weighted by Gasteiger charge is -2.14. The molecule has 7 heteroatoms. The lowest BCUT2D eigenvalue weighted by Crippen LogP contribution is -2.09. The van der Waals surface area contributed by atoms with Gasteiger partial charge in [0.25, 0.3) is 0 Å². The van der Waals surface area contributed by atoms with Crippen molar-refractivity contribution in [2.45, 2.75) is 72.4 Å². The molecule has 4 rings (SSSR count). The van der Waals surface area contributed by atoms with E-state index in [0.717, 1.165) is 97.6 Å². The third kappa shape index (κ3) is 5.04. The zero-order valence-electron chi connectivity index (χ0n) is 21.4. The zero-order chi connectivity index (χ0) is 24.8. The van der Waals surface area contributed by atoms with Gasteiger partial charge in [0.2, 0.25) is 5.95 Å². The van der Waals surface area contributed by atoms with E-state index < -0.39 is 0 Å². The van der Waals surface area contributed by atoms with Gasteiger partial charge in [-0.1, -0.05) is 46.1 Å². The first-order valence-corrected chi connectivity index (χ1v) is 12.9. The Morgan fingerprint density at radius 2 is 1.66 bits per heavy atom. The number of anilines is 1. The van der Waals surface area contributed by atoms with Gasteiger partial charge < -0.3 is 19.2 Å². The van der Waals surface area contributed by atoms with Crippen molar-refractivity contribution in [3.63, 3.8) is 0 Å². The predicted molar refractivity (Wildman–Crippen MR) is 143 cm³/mol. The van der Waals surface area contributed by atoms with Gasteiger partial charge in [0, 0.05) is 25.2 Å². The molecule has 35 heavy (non-hydrogen) atoms. The number of carbonyl (C=O) groups excluding carboxylic acids is 1. The lowest BCUT2D eigenvalue weighted by atomic mass is 10.1. The number of nitrogens with one attached hydrogen (secondary N) is 1. The van der Waals surface area contributed by atoms with Crippen molar-refractivity contribution in [1.29, 1.82) is 0 Å². The van der Waals surface area contributed by atoms with Crippen LogP contribution in [0, 0.1) is 0 Å². The topological polar surface area (TPSA) is 74.0 Å². The second-order valence-corrected chi connectivity index (χ2v) is 9.03. The molecule has 0 aliphatic carbocycles. The molecule has 0 spiro atoms. The molecule has 0 saturated carbocycles. The highest BCUT2D eigenvalue weighted by molar-refractivity contribution is 5.97. The average Bonchev–Trinajstić information content (AvgIpc) is 3.43. The summed E-state index contributed by atoms with van der Waals surface area (Å²) >= 11 is 0. The van der Waals surface area contributed by atoms with Crippen LogP contribution in [-0.2, 0) is 17.8 Å². The first-order valence-electron chi connectivity index (χ1n) is 12.9. The summed E-state index contributed by atoms with van der Waals surface area (Å²) in [6, 6.07) is 11.9. The standard InChI is InChI=1S/C28H37N5O2/c1-5-8-16-29-28-31-22-13-11-12-21(25(22)33(28)18-10-7-3)26-30-23-19-20(27(34)35-4)14-15-24(23)32(26)17-9-6-2/h11-15,19H,5-10,16-18H2,1-4H3,(H,29,31). The van der Waals surface area contributed by atoms with Gasteiger partial charge in [-0.3, -0.25) is 0 Å². The Balaban J connectivity index is 1.91. The highest BCUT2D eigenvalue weighted by atomic mass is 16.5. The van der Waals surface area contributed by atoms with E-state index in [1.807, 2.05) is 18.2 Å². The number of hydrogen-bond acceptors (Lipinski definition) is 5. The summed E-state index contributed by atoms with van der Waals surface area (Å²) in [6.45, 7) is 9.29. The third-order valence-corrected chi connectivity index (χ3v) is 6.46. The molecule has 0 amide bonds. The van der Waals surface area contributed by atoms with E-state index in [2.05, 4.69) is 53.4 Å². The monoisotopic (exact) mass is 475 g/mol. The number of aryl methyl sites for hydroxylation is 2. The maximum atomic E-state index is 12.1. The Morgan fingerprint density at radius 1 is 0.914 bits per heavy atom. The van der Waals surface area contributed by atoms with Crippen LogP contribution < -0.4 is 5.32 Å². The number of imidazole rings is 2. The number of rotatable bonds is 12. The van der Waals surface area contributed by atoms with E-state index in [0.29, 0.717) is 5.56 Å². The number of ether oxygens (including phenoxy) is 1. The van der Waals surface area contributed by atoms with Crippen LogP contribution in [0.3, 0.4) is 0 Å². The SMILES string of the molecule is CCCCNc1nc2cccc(-c3nc4cc(C(=O)OC)ccc4n3CCCC)c2n1CCCC. The van der Waals surface area contributed by atoms with Crippen molar-refractivity contribution in [3.05, 3.63) is 42.0 Å². The molecule has 0 fully saturated rings. The van der Waals surface area contributed by atoms with Crippen LogP contribution in [0.2, 0.25) is 0 Å². The molecule has 0 atom stereocenters. The quantitative estimate of drug-likeness (QED) is 0.183. The second-order valence-electron chi connectivity index (χ2n) is 9.03. The zero-order valence-corrected chi connectivity index (χ0v) is 21.4. The third-order valence-electron chi connectivity index (χ3n) is 6.46. The average molecular weight is 476 g/mol. The van der Waals surface area contributed by atoms with Crippen LogP contribution in [-0.4, -0.2) is 38.7 Å². The second kappa shape index (κ2) is 11.4. The molecule has 0 aliphatic heterocycles. The smallest absolute Gasteiger partial charge is 0.337 e. The molecule has 7 nitrogen and oxygen atoms in total. The van der Waals surface area contributed by atoms with Crippen LogP contribution in [0.15, 0.2) is 36.4 Å². The van der Waals surface area contributed by atoms with Crippen molar-refractivity contribution < 1.29 is 9.53 Å². The van der Waals surface area contributed by atoms with Gasteiger partial charge >= 0.3 is 5.97 Å². The molecule has 0 aliphatic rings. The molecular formula is C28H37N5O2. The highest BCUT2D eigenvalue weighted by Crippen LogP contribution is 2.33. The van der Waals surface area contributed by atoms with Crippen molar-refractivity contribution in [3.8, 4) is 11.4 Å². The number of carbonyl (C=O) groups is 1. The van der Waals surface area contributed by atoms with Gasteiger partial charge in [-0.15, -0.1) is 0 Å². The minimum absolute atomic E-state index is 0.348. The van der Waals surface area contributed by atoms with Crippen LogP contribution in [0.4, 0.5) is 5.95 Å². The number of fused-ring (bicyclic) bond motifs is 2. The van der Waals surface area contributed by atoms with Crippen molar-refractivity contribution in [1.82, 2.24) is 19.1 Å². The van der Waals surface area contributed by atoms with E-state index in [1.165, 1.54) is 7.11 Å². The van der Waals surface area contributed by atoms with E-state index in [4.69, 9.17) is 14.7 Å². The number of unbranched alkanes of at least 4 members (excludes halogenated alkanes) is 3. The molecule has 0 saturated heterocycles. The molecule has 4 aromatic rings. The van der Waals surface area contributed by atoms with Gasteiger partial charge in [0.1, 0.15) is 5.82 Å². The fourth-order valence-corrected chi connectivity index (χ4v) is 4.53. The number of benzene rings is 2. The maximum absolute atomic E-state index is 12.1. The number of para-hydroxylation sites is 1. The largest absolute Gasteiger partial charge is 0.465 e. The lowest BCUT2D eigenvalue weighted by molar-refractivity contribution is 0.0601. The van der Waals surface area contributed by atoms with E-state index in [1.54, 1.807) is 0 Å². The number of aromatic nitrogens is 4. The highest BCUT2D eigenvalue weighted by Gasteiger charge is 2.20. The van der Waals surface area contributed by atoms with Gasteiger partial charge in [-0.25, -0.2) is 14.8 Å². The first-order chi connectivity index (χ1) is 17.1. The molecule has 1 N–H and O–H groups in total. The van der Waals surface area contributed by atoms with Crippen molar-refractivity contribution in [2.24, 2.45) is 0 Å². The minimum Gasteiger partial charge on any atom is -0.465 e. The normalized spacial score (nSPS) is 11.4. The van der Waals surface area contributed by atoms with Gasteiger partial charge in [-0.05, 0) is 49.6 Å². The number of nitrogens with zero attached hydrogens (tertiary/aromatic N) is 4. The van der Waals surface area contributed by atoms with Crippen LogP contribution in [0.25, 0.3) is 33.5 Å². The van der Waals surface area contributed by atoms with Gasteiger partial charge in [0.05, 0.1) is 34.7 Å². The number of methoxy groups -OCH3 is 1. The Morgan fingerprint density at radius 3 is 2.37 bits per heavy atom. The van der Waals surface area contributed by atoms with Crippen LogP contribution in [0.1, 0.15) is 69.7 Å². The number of esters is 1. The molecule has 186 valence electrons. The van der Waals surface area contributed by atoms with Gasteiger partial charge in [-0.2, -0.15) is 0 Å². The molecular weight excluding hydrogens is 438 g/mol. The summed E-state index contributed by atoms with van der Waals surface area (Å²) in [5, 5.41) is 3.57. The van der Waals surface area contributed by atoms with Crippen molar-refractivity contribution in [2.75, 3.05) is 19.0 Å². The predicted octanol–water partition coefficient (Wildman–Crippen LogP) is 6.65. The Labute approximate surface area is 207 Å². The maximum Gasteiger partial charge on any atom is 0.337 e. The fourth-order valence-electron chi connectivity index (χ4n) is 4.53. The summed E-state index contributed by atoms with van der Waals surface area (Å²) in [5.74, 6) is 1.50. The van der Waals surface area contributed by atoms with Crippen LogP contribution >= 0.6 is 0 Å². The molecule has 2 aromatic carbocycles. The molecule has 0 bridgehead atoms. The minimum atomic E-state index is -0.348. The first kappa shape index (κ1) is 24.8. The summed E-state index contributed by atoms with van der Waals surface area (Å²) in [7, 11) is 1.40.